The molecule has 1 aliphatic heterocycles. The van der Waals surface area contributed by atoms with E-state index in [-0.39, 0.29) is 11.3 Å². The number of benzene rings is 3. The van der Waals surface area contributed by atoms with E-state index in [4.69, 9.17) is 19.0 Å². The Hall–Kier alpha value is -3.11. The van der Waals surface area contributed by atoms with Crippen LogP contribution in [0.5, 0.6) is 17.2 Å². The Balaban J connectivity index is 1.88. The molecule has 0 spiro atoms. The number of amides is 1. The zero-order valence-electron chi connectivity index (χ0n) is 20.8. The van der Waals surface area contributed by atoms with Crippen molar-refractivity contribution in [3.05, 3.63) is 87.9 Å². The molecule has 0 aromatic heterocycles. The third kappa shape index (κ3) is 3.49. The molecule has 1 amide bonds. The maximum Gasteiger partial charge on any atom is 0.252 e. The van der Waals surface area contributed by atoms with Gasteiger partial charge in [-0.25, -0.2) is 5.06 Å². The number of aliphatic hydroxyl groups is 2. The van der Waals surface area contributed by atoms with Crippen LogP contribution in [0.2, 0.25) is 0 Å². The first kappa shape index (κ1) is 25.5. The van der Waals surface area contributed by atoms with Gasteiger partial charge in [-0.05, 0) is 23.3 Å². The lowest BCUT2D eigenvalue weighted by Crippen LogP contribution is -2.52. The van der Waals surface area contributed by atoms with E-state index in [1.807, 2.05) is 54.6 Å². The minimum atomic E-state index is -2.08. The van der Waals surface area contributed by atoms with Crippen LogP contribution < -0.4 is 14.2 Å². The third-order valence-corrected chi connectivity index (χ3v) is 8.11. The lowest BCUT2D eigenvalue weighted by atomic mass is 9.70. The molecule has 194 valence electrons. The van der Waals surface area contributed by atoms with Crippen molar-refractivity contribution in [2.75, 3.05) is 28.4 Å². The SMILES string of the molecule is COc1cc(OC)c2c(c1)O[C@@]1(c3ccc(Br)cc3)[C@H](c3ccccc3)[C@@H](C(=O)N(C)OC)[C@@H](O)[C@@]21O. The Morgan fingerprint density at radius 3 is 2.30 bits per heavy atom. The summed E-state index contributed by atoms with van der Waals surface area (Å²) in [6, 6.07) is 19.9. The summed E-state index contributed by atoms with van der Waals surface area (Å²) >= 11 is 3.48. The van der Waals surface area contributed by atoms with Gasteiger partial charge in [0.1, 0.15) is 23.4 Å². The Bertz CT molecular complexity index is 1320. The van der Waals surface area contributed by atoms with E-state index in [1.54, 1.807) is 12.1 Å². The highest BCUT2D eigenvalue weighted by Gasteiger charge is 2.78. The maximum atomic E-state index is 13.8. The van der Waals surface area contributed by atoms with Crippen LogP contribution in [0.4, 0.5) is 0 Å². The molecule has 0 unspecified atom stereocenters. The quantitative estimate of drug-likeness (QED) is 0.436. The van der Waals surface area contributed by atoms with Gasteiger partial charge in [0.05, 0.1) is 32.8 Å². The van der Waals surface area contributed by atoms with Gasteiger partial charge in [-0.15, -0.1) is 0 Å². The number of hydrogen-bond donors (Lipinski definition) is 2. The minimum Gasteiger partial charge on any atom is -0.496 e. The molecular formula is C28H28BrNO7. The van der Waals surface area contributed by atoms with E-state index in [0.717, 1.165) is 9.54 Å². The first-order valence-electron chi connectivity index (χ1n) is 11.7. The van der Waals surface area contributed by atoms with E-state index in [9.17, 15) is 15.0 Å². The fourth-order valence-corrected chi connectivity index (χ4v) is 6.20. The second-order valence-corrected chi connectivity index (χ2v) is 10.1. The van der Waals surface area contributed by atoms with Crippen molar-refractivity contribution in [2.45, 2.75) is 23.2 Å². The van der Waals surface area contributed by atoms with Crippen LogP contribution in [0.25, 0.3) is 0 Å². The van der Waals surface area contributed by atoms with Gasteiger partial charge >= 0.3 is 0 Å². The summed E-state index contributed by atoms with van der Waals surface area (Å²) in [5.41, 5.74) is -2.14. The van der Waals surface area contributed by atoms with Crippen molar-refractivity contribution in [2.24, 2.45) is 5.92 Å². The maximum absolute atomic E-state index is 13.8. The second kappa shape index (κ2) is 9.33. The summed E-state index contributed by atoms with van der Waals surface area (Å²) in [5, 5.41) is 25.9. The zero-order chi connectivity index (χ0) is 26.5. The third-order valence-electron chi connectivity index (χ3n) is 7.58. The average molecular weight is 570 g/mol. The molecule has 8 nitrogen and oxygen atoms in total. The number of nitrogens with zero attached hydrogens (tertiary/aromatic N) is 1. The molecule has 37 heavy (non-hydrogen) atoms. The van der Waals surface area contributed by atoms with Gasteiger partial charge in [-0.1, -0.05) is 58.4 Å². The summed E-state index contributed by atoms with van der Waals surface area (Å²) in [5.74, 6) is -1.41. The van der Waals surface area contributed by atoms with Gasteiger partial charge in [-0.2, -0.15) is 0 Å². The van der Waals surface area contributed by atoms with Crippen LogP contribution in [0.1, 0.15) is 22.6 Å². The molecule has 1 heterocycles. The highest BCUT2D eigenvalue weighted by Crippen LogP contribution is 2.70. The second-order valence-electron chi connectivity index (χ2n) is 9.19. The van der Waals surface area contributed by atoms with Crippen LogP contribution in [-0.2, 0) is 20.8 Å². The average Bonchev–Trinajstić information content (AvgIpc) is 3.30. The number of hydroxylamine groups is 2. The number of aliphatic hydroxyl groups excluding tert-OH is 1. The van der Waals surface area contributed by atoms with Gasteiger partial charge in [-0.3, -0.25) is 9.63 Å². The number of halogens is 1. The number of fused-ring (bicyclic) bond motifs is 3. The zero-order valence-corrected chi connectivity index (χ0v) is 22.4. The van der Waals surface area contributed by atoms with Crippen molar-refractivity contribution in [1.29, 1.82) is 0 Å². The number of carbonyl (C=O) groups is 1. The Labute approximate surface area is 223 Å². The molecule has 0 saturated heterocycles. The number of hydrogen-bond acceptors (Lipinski definition) is 7. The highest BCUT2D eigenvalue weighted by atomic mass is 79.9. The van der Waals surface area contributed by atoms with Gasteiger partial charge in [0.25, 0.3) is 5.91 Å². The molecule has 5 rings (SSSR count). The van der Waals surface area contributed by atoms with Crippen molar-refractivity contribution in [3.63, 3.8) is 0 Å². The van der Waals surface area contributed by atoms with Crippen LogP contribution in [0.3, 0.4) is 0 Å². The van der Waals surface area contributed by atoms with E-state index >= 15 is 0 Å². The number of rotatable bonds is 6. The molecule has 2 aliphatic rings. The summed E-state index contributed by atoms with van der Waals surface area (Å²) < 4.78 is 18.7. The van der Waals surface area contributed by atoms with E-state index in [2.05, 4.69) is 15.9 Å². The number of ether oxygens (including phenoxy) is 3. The summed E-state index contributed by atoms with van der Waals surface area (Å²) in [4.78, 5) is 19.0. The Morgan fingerprint density at radius 2 is 1.70 bits per heavy atom. The van der Waals surface area contributed by atoms with Crippen molar-refractivity contribution < 1.29 is 34.1 Å². The normalized spacial score (nSPS) is 27.7. The Kier molecular flexibility index (Phi) is 6.44. The van der Waals surface area contributed by atoms with E-state index < -0.39 is 35.0 Å². The molecule has 1 aliphatic carbocycles. The molecule has 3 aromatic carbocycles. The molecule has 1 saturated carbocycles. The molecule has 5 atom stereocenters. The van der Waals surface area contributed by atoms with Gasteiger partial charge < -0.3 is 24.4 Å². The summed E-state index contributed by atoms with van der Waals surface area (Å²) in [6.07, 6.45) is -1.59. The van der Waals surface area contributed by atoms with Crippen molar-refractivity contribution in [1.82, 2.24) is 5.06 Å². The predicted octanol–water partition coefficient (Wildman–Crippen LogP) is 3.74. The van der Waals surface area contributed by atoms with Crippen LogP contribution in [0.15, 0.2) is 71.2 Å². The molecule has 9 heteroatoms. The minimum absolute atomic E-state index is 0.252. The van der Waals surface area contributed by atoms with E-state index in [1.165, 1.54) is 28.4 Å². The van der Waals surface area contributed by atoms with Gasteiger partial charge in [0.15, 0.2) is 11.2 Å². The monoisotopic (exact) mass is 569 g/mol. The molecule has 0 bridgehead atoms. The molecule has 1 fully saturated rings. The van der Waals surface area contributed by atoms with Gasteiger partial charge in [0, 0.05) is 29.6 Å². The van der Waals surface area contributed by atoms with Crippen LogP contribution >= 0.6 is 15.9 Å². The summed E-state index contributed by atoms with van der Waals surface area (Å²) in [6.45, 7) is 0. The van der Waals surface area contributed by atoms with Crippen LogP contribution in [-0.4, -0.2) is 55.7 Å². The van der Waals surface area contributed by atoms with Gasteiger partial charge in [0.2, 0.25) is 0 Å². The van der Waals surface area contributed by atoms with Crippen molar-refractivity contribution in [3.8, 4) is 17.2 Å². The fourth-order valence-electron chi connectivity index (χ4n) is 5.94. The molecular weight excluding hydrogens is 542 g/mol. The number of methoxy groups -OCH3 is 2. The first-order valence-corrected chi connectivity index (χ1v) is 12.5. The largest absolute Gasteiger partial charge is 0.496 e. The fraction of sp³-hybridized carbons (Fsp3) is 0.321. The highest BCUT2D eigenvalue weighted by molar-refractivity contribution is 9.10. The first-order chi connectivity index (χ1) is 17.7. The van der Waals surface area contributed by atoms with Crippen LogP contribution in [0, 0.1) is 5.92 Å². The molecule has 3 aromatic rings. The lowest BCUT2D eigenvalue weighted by molar-refractivity contribution is -0.181. The smallest absolute Gasteiger partial charge is 0.252 e. The molecule has 2 N–H and O–H groups in total. The molecule has 0 radical (unpaired) electrons. The van der Waals surface area contributed by atoms with Crippen molar-refractivity contribution >= 4 is 21.8 Å². The standard InChI is InChI=1S/C28H28BrNO7/c1-30(36-4)26(32)22-23(16-8-6-5-7-9-16)28(17-10-12-18(29)13-11-17)27(33,25(22)31)24-20(35-3)14-19(34-2)15-21(24)37-28/h5-15,22-23,25,31,33H,1-4H3/t22-,23-,25-,27+,28+/m1/s1. The predicted molar refractivity (Wildman–Crippen MR) is 138 cm³/mol. The topological polar surface area (TPSA) is 97.7 Å². The lowest BCUT2D eigenvalue weighted by Gasteiger charge is -2.41. The Morgan fingerprint density at radius 1 is 1.03 bits per heavy atom. The van der Waals surface area contributed by atoms with E-state index in [0.29, 0.717) is 22.6 Å². The number of carbonyl (C=O) groups excluding carboxylic acids is 1. The summed E-state index contributed by atoms with van der Waals surface area (Å²) in [7, 11) is 5.84.